The SMILES string of the molecule is C=C(CC(=O)OC(CCOC)C(=O)OC)C(=O)OC(CCOC)C(=O)OC. The van der Waals surface area contributed by atoms with Crippen LogP contribution >= 0.6 is 0 Å². The minimum atomic E-state index is -1.19. The van der Waals surface area contributed by atoms with E-state index >= 15 is 0 Å². The van der Waals surface area contributed by atoms with Crippen LogP contribution in [0.4, 0.5) is 0 Å². The molecule has 154 valence electrons. The number of hydrogen-bond donors (Lipinski definition) is 0. The van der Waals surface area contributed by atoms with Crippen molar-refractivity contribution in [1.29, 1.82) is 0 Å². The summed E-state index contributed by atoms with van der Waals surface area (Å²) < 4.78 is 28.7. The largest absolute Gasteiger partial charge is 0.466 e. The summed E-state index contributed by atoms with van der Waals surface area (Å²) in [6.45, 7) is 3.77. The molecule has 27 heavy (non-hydrogen) atoms. The maximum atomic E-state index is 12.0. The van der Waals surface area contributed by atoms with Gasteiger partial charge in [-0.3, -0.25) is 4.79 Å². The summed E-state index contributed by atoms with van der Waals surface area (Å²) >= 11 is 0. The van der Waals surface area contributed by atoms with E-state index in [4.69, 9.17) is 18.9 Å². The van der Waals surface area contributed by atoms with Crippen LogP contribution in [0.5, 0.6) is 0 Å². The molecule has 2 unspecified atom stereocenters. The molecule has 0 aromatic heterocycles. The number of carbonyl (C=O) groups is 4. The van der Waals surface area contributed by atoms with Crippen molar-refractivity contribution in [2.75, 3.05) is 41.7 Å². The monoisotopic (exact) mass is 390 g/mol. The Hall–Kier alpha value is -2.46. The number of methoxy groups -OCH3 is 4. The van der Waals surface area contributed by atoms with Gasteiger partial charge in [0.1, 0.15) is 0 Å². The van der Waals surface area contributed by atoms with Crippen LogP contribution in [0.3, 0.4) is 0 Å². The van der Waals surface area contributed by atoms with Crippen LogP contribution in [0.15, 0.2) is 12.2 Å². The first-order chi connectivity index (χ1) is 12.8. The average Bonchev–Trinajstić information content (AvgIpc) is 2.66. The fraction of sp³-hybridized carbons (Fsp3) is 0.647. The molecule has 0 bridgehead atoms. The van der Waals surface area contributed by atoms with Gasteiger partial charge in [0.25, 0.3) is 0 Å². The Morgan fingerprint density at radius 2 is 1.22 bits per heavy atom. The number of esters is 4. The van der Waals surface area contributed by atoms with Crippen LogP contribution < -0.4 is 0 Å². The molecule has 0 aliphatic heterocycles. The highest BCUT2D eigenvalue weighted by atomic mass is 16.6. The zero-order valence-electron chi connectivity index (χ0n) is 16.0. The van der Waals surface area contributed by atoms with Gasteiger partial charge in [-0.2, -0.15) is 0 Å². The third-order valence-electron chi connectivity index (χ3n) is 3.27. The van der Waals surface area contributed by atoms with Gasteiger partial charge in [0, 0.05) is 32.6 Å². The third-order valence-corrected chi connectivity index (χ3v) is 3.27. The first-order valence-electron chi connectivity index (χ1n) is 8.02. The smallest absolute Gasteiger partial charge is 0.347 e. The molecule has 0 saturated carbocycles. The van der Waals surface area contributed by atoms with Gasteiger partial charge in [0.2, 0.25) is 12.2 Å². The average molecular weight is 390 g/mol. The van der Waals surface area contributed by atoms with Crippen molar-refractivity contribution in [3.8, 4) is 0 Å². The van der Waals surface area contributed by atoms with Gasteiger partial charge in [-0.25, -0.2) is 14.4 Å². The summed E-state index contributed by atoms with van der Waals surface area (Å²) in [5, 5.41) is 0. The van der Waals surface area contributed by atoms with Crippen molar-refractivity contribution in [3.05, 3.63) is 12.2 Å². The van der Waals surface area contributed by atoms with E-state index in [0.717, 1.165) is 14.2 Å². The summed E-state index contributed by atoms with van der Waals surface area (Å²) in [5.41, 5.74) is -0.248. The molecule has 0 fully saturated rings. The lowest BCUT2D eigenvalue weighted by Crippen LogP contribution is -2.32. The molecular formula is C17H26O10. The van der Waals surface area contributed by atoms with E-state index in [2.05, 4.69) is 16.1 Å². The number of carbonyl (C=O) groups excluding carboxylic acids is 4. The predicted octanol–water partition coefficient (Wildman–Crippen LogP) is 0.175. The van der Waals surface area contributed by atoms with Crippen molar-refractivity contribution >= 4 is 23.9 Å². The van der Waals surface area contributed by atoms with Crippen LogP contribution in [-0.4, -0.2) is 77.7 Å². The van der Waals surface area contributed by atoms with Gasteiger partial charge >= 0.3 is 23.9 Å². The highest BCUT2D eigenvalue weighted by molar-refractivity contribution is 5.95. The molecule has 0 amide bonds. The topological polar surface area (TPSA) is 124 Å². The highest BCUT2D eigenvalue weighted by Crippen LogP contribution is 2.11. The zero-order valence-corrected chi connectivity index (χ0v) is 16.0. The summed E-state index contributed by atoms with van der Waals surface area (Å²) in [6, 6.07) is 0. The quantitative estimate of drug-likeness (QED) is 0.244. The van der Waals surface area contributed by atoms with Crippen LogP contribution in [0, 0.1) is 0 Å². The minimum Gasteiger partial charge on any atom is -0.466 e. The Bertz CT molecular complexity index is 528. The highest BCUT2D eigenvalue weighted by Gasteiger charge is 2.28. The molecule has 10 heteroatoms. The lowest BCUT2D eigenvalue weighted by atomic mass is 10.2. The van der Waals surface area contributed by atoms with Crippen LogP contribution in [0.2, 0.25) is 0 Å². The molecule has 0 spiro atoms. The lowest BCUT2D eigenvalue weighted by Gasteiger charge is -2.17. The second-order valence-electron chi connectivity index (χ2n) is 5.26. The van der Waals surface area contributed by atoms with Gasteiger partial charge in [-0.05, 0) is 0 Å². The van der Waals surface area contributed by atoms with Gasteiger partial charge < -0.3 is 28.4 Å². The molecule has 0 aromatic rings. The van der Waals surface area contributed by atoms with E-state index in [9.17, 15) is 19.2 Å². The lowest BCUT2D eigenvalue weighted by molar-refractivity contribution is -0.168. The first-order valence-corrected chi connectivity index (χ1v) is 8.02. The van der Waals surface area contributed by atoms with Crippen LogP contribution in [-0.2, 0) is 47.6 Å². The third kappa shape index (κ3) is 9.71. The van der Waals surface area contributed by atoms with Gasteiger partial charge in [-0.15, -0.1) is 0 Å². The Morgan fingerprint density at radius 3 is 1.63 bits per heavy atom. The zero-order chi connectivity index (χ0) is 20.8. The molecule has 0 heterocycles. The van der Waals surface area contributed by atoms with Crippen molar-refractivity contribution in [3.63, 3.8) is 0 Å². The molecule has 2 atom stereocenters. The fourth-order valence-electron chi connectivity index (χ4n) is 1.82. The van der Waals surface area contributed by atoms with Gasteiger partial charge in [0.05, 0.1) is 33.9 Å². The maximum absolute atomic E-state index is 12.0. The van der Waals surface area contributed by atoms with E-state index < -0.39 is 42.5 Å². The molecule has 0 aliphatic rings. The second-order valence-corrected chi connectivity index (χ2v) is 5.26. The molecule has 0 rings (SSSR count). The van der Waals surface area contributed by atoms with Crippen molar-refractivity contribution < 1.29 is 47.6 Å². The predicted molar refractivity (Wildman–Crippen MR) is 90.5 cm³/mol. The van der Waals surface area contributed by atoms with E-state index in [0.29, 0.717) is 0 Å². The molecule has 0 radical (unpaired) electrons. The normalized spacial score (nSPS) is 12.4. The number of hydrogen-bond acceptors (Lipinski definition) is 10. The summed E-state index contributed by atoms with van der Waals surface area (Å²) in [7, 11) is 5.15. The number of ether oxygens (including phenoxy) is 6. The van der Waals surface area contributed by atoms with Crippen molar-refractivity contribution in [1.82, 2.24) is 0 Å². The van der Waals surface area contributed by atoms with Crippen LogP contribution in [0.1, 0.15) is 19.3 Å². The Labute approximate surface area is 157 Å². The maximum Gasteiger partial charge on any atom is 0.347 e. The Balaban J connectivity index is 4.73. The fourth-order valence-corrected chi connectivity index (χ4v) is 1.82. The van der Waals surface area contributed by atoms with E-state index in [-0.39, 0.29) is 31.6 Å². The standard InChI is InChI=1S/C17H26O10/c1-11(15(19)27-13(7-9-23-3)17(21)25-5)10-14(18)26-12(6-8-22-2)16(20)24-4/h12-13H,1,6-10H2,2-5H3. The van der Waals surface area contributed by atoms with E-state index in [1.165, 1.54) is 14.2 Å². The molecule has 0 N–H and O–H groups in total. The molecule has 0 aromatic carbocycles. The summed E-state index contributed by atoms with van der Waals surface area (Å²) in [4.78, 5) is 47.2. The second kappa shape index (κ2) is 13.7. The first kappa shape index (κ1) is 24.5. The van der Waals surface area contributed by atoms with E-state index in [1.807, 2.05) is 0 Å². The van der Waals surface area contributed by atoms with Crippen molar-refractivity contribution in [2.45, 2.75) is 31.5 Å². The summed E-state index contributed by atoms with van der Waals surface area (Å²) in [5.74, 6) is -3.36. The number of rotatable bonds is 13. The molecule has 0 saturated heterocycles. The molecular weight excluding hydrogens is 364 g/mol. The van der Waals surface area contributed by atoms with E-state index in [1.54, 1.807) is 0 Å². The van der Waals surface area contributed by atoms with Crippen LogP contribution in [0.25, 0.3) is 0 Å². The Kier molecular flexibility index (Phi) is 12.5. The van der Waals surface area contributed by atoms with Gasteiger partial charge in [-0.1, -0.05) is 6.58 Å². The minimum absolute atomic E-state index is 0.0775. The Morgan fingerprint density at radius 1 is 0.778 bits per heavy atom. The van der Waals surface area contributed by atoms with Gasteiger partial charge in [0.15, 0.2) is 0 Å². The summed E-state index contributed by atoms with van der Waals surface area (Å²) in [6.07, 6.45) is -2.73. The van der Waals surface area contributed by atoms with Crippen molar-refractivity contribution in [2.24, 2.45) is 0 Å². The molecule has 10 nitrogen and oxygen atoms in total. The molecule has 0 aliphatic carbocycles.